The van der Waals surface area contributed by atoms with Crippen LogP contribution in [0.3, 0.4) is 0 Å². The topological polar surface area (TPSA) is 0 Å². The standard InChI is InChI=1S/C18H15P.C4H7.C4H5.Co/c1-4-10-16(11-5-1)19(17-12-6-2-7-13-17)18-14-8-3-9-15-18;2*1-3-4-2;/h1-15H;3-4H,1H2,2H3;1,3-4H,2H2;/q;2*-1;+2/p+1. The van der Waals surface area contributed by atoms with Gasteiger partial charge in [-0.2, -0.15) is 6.58 Å². The summed E-state index contributed by atoms with van der Waals surface area (Å²) in [5.41, 5.74) is 0. The molecule has 0 saturated heterocycles. The van der Waals surface area contributed by atoms with Crippen LogP contribution in [0.2, 0.25) is 0 Å². The van der Waals surface area contributed by atoms with Gasteiger partial charge < -0.3 is 0 Å². The first-order valence-electron chi connectivity index (χ1n) is 8.88. The van der Waals surface area contributed by atoms with Crippen molar-refractivity contribution in [2.24, 2.45) is 0 Å². The SMILES string of the molecule is C=C[CH-]C.[CH-]=CC=C.[Co+2].c1ccc([PH+](c2ccccc2)c2ccccc2)cc1. The van der Waals surface area contributed by atoms with E-state index in [0.29, 0.717) is 0 Å². The predicted molar refractivity (Wildman–Crippen MR) is 126 cm³/mol. The van der Waals surface area contributed by atoms with Crippen molar-refractivity contribution in [3.8, 4) is 0 Å². The van der Waals surface area contributed by atoms with Gasteiger partial charge in [0, 0.05) is 0 Å². The van der Waals surface area contributed by atoms with Gasteiger partial charge in [-0.05, 0) is 36.4 Å². The molecule has 0 N–H and O–H groups in total. The zero-order chi connectivity index (χ0) is 19.7. The van der Waals surface area contributed by atoms with Crippen molar-refractivity contribution in [3.05, 3.63) is 135 Å². The Balaban J connectivity index is 0.000000697. The van der Waals surface area contributed by atoms with E-state index in [1.165, 1.54) is 28.1 Å². The Morgan fingerprint density at radius 2 is 0.964 bits per heavy atom. The molecule has 145 valence electrons. The van der Waals surface area contributed by atoms with E-state index in [-0.39, 0.29) is 16.8 Å². The van der Waals surface area contributed by atoms with Gasteiger partial charge in [0.15, 0.2) is 0 Å². The van der Waals surface area contributed by atoms with Crippen molar-refractivity contribution in [1.82, 2.24) is 0 Å². The van der Waals surface area contributed by atoms with Gasteiger partial charge in [0.2, 0.25) is 0 Å². The number of hydrogen-bond acceptors (Lipinski definition) is 0. The van der Waals surface area contributed by atoms with E-state index in [0.717, 1.165) is 0 Å². The molecule has 0 fully saturated rings. The molecule has 0 aliphatic carbocycles. The largest absolute Gasteiger partial charge is 2.00 e. The van der Waals surface area contributed by atoms with Gasteiger partial charge >= 0.3 is 16.8 Å². The number of rotatable bonds is 5. The average molecular weight is 430 g/mol. The molecule has 0 aromatic heterocycles. The Morgan fingerprint density at radius 3 is 1.14 bits per heavy atom. The first-order valence-corrected chi connectivity index (χ1v) is 10.4. The predicted octanol–water partition coefficient (Wildman–Crippen LogP) is 5.73. The molecule has 0 unspecified atom stereocenters. The number of hydrogen-bond donors (Lipinski definition) is 0. The molecule has 3 aromatic carbocycles. The van der Waals surface area contributed by atoms with E-state index < -0.39 is 7.92 Å². The van der Waals surface area contributed by atoms with Gasteiger partial charge in [0.1, 0.15) is 15.9 Å². The van der Waals surface area contributed by atoms with Crippen LogP contribution in [0.1, 0.15) is 6.92 Å². The Hall–Kier alpha value is -2.31. The van der Waals surface area contributed by atoms with Crippen molar-refractivity contribution in [2.75, 3.05) is 0 Å². The molecule has 0 atom stereocenters. The maximum absolute atomic E-state index is 4.78. The number of allylic oxidation sites excluding steroid dienone is 3. The normalized spacial score (nSPS) is 8.64. The molecular formula is C26H28CoP+. The third kappa shape index (κ3) is 9.57. The maximum Gasteiger partial charge on any atom is 2.00 e. The smallest absolute Gasteiger partial charge is 0.293 e. The summed E-state index contributed by atoms with van der Waals surface area (Å²) in [6.45, 7) is 13.4. The molecule has 0 amide bonds. The summed E-state index contributed by atoms with van der Waals surface area (Å²) in [4.78, 5) is 0. The third-order valence-electron chi connectivity index (χ3n) is 3.56. The second kappa shape index (κ2) is 16.8. The van der Waals surface area contributed by atoms with Crippen LogP contribution in [0.15, 0.2) is 122 Å². The molecule has 0 heterocycles. The summed E-state index contributed by atoms with van der Waals surface area (Å²) in [7, 11) is -0.877. The third-order valence-corrected chi connectivity index (χ3v) is 6.29. The molecule has 2 heteroatoms. The van der Waals surface area contributed by atoms with Gasteiger partial charge in [-0.1, -0.05) is 54.6 Å². The van der Waals surface area contributed by atoms with Crippen molar-refractivity contribution in [1.29, 1.82) is 0 Å². The monoisotopic (exact) mass is 430 g/mol. The molecule has 28 heavy (non-hydrogen) atoms. The molecule has 3 aromatic rings. The summed E-state index contributed by atoms with van der Waals surface area (Å²) in [5, 5.41) is 4.31. The van der Waals surface area contributed by atoms with E-state index in [4.69, 9.17) is 6.58 Å². The zero-order valence-corrected chi connectivity index (χ0v) is 18.3. The first kappa shape index (κ1) is 25.7. The van der Waals surface area contributed by atoms with Gasteiger partial charge in [0.05, 0.1) is 7.92 Å². The molecule has 0 saturated carbocycles. The molecule has 0 spiro atoms. The van der Waals surface area contributed by atoms with Crippen LogP contribution < -0.4 is 15.9 Å². The minimum Gasteiger partial charge on any atom is -0.293 e. The first-order chi connectivity index (χ1) is 13.3. The van der Waals surface area contributed by atoms with Crippen molar-refractivity contribution in [3.63, 3.8) is 0 Å². The van der Waals surface area contributed by atoms with Gasteiger partial charge in [0.25, 0.3) is 0 Å². The van der Waals surface area contributed by atoms with Crippen LogP contribution in [0.25, 0.3) is 0 Å². The van der Waals surface area contributed by atoms with Crippen LogP contribution in [-0.2, 0) is 16.8 Å². The molecule has 0 aliphatic heterocycles. The summed E-state index contributed by atoms with van der Waals surface area (Å²) in [6.07, 6.45) is 6.56. The Bertz CT molecular complexity index is 667. The summed E-state index contributed by atoms with van der Waals surface area (Å²) in [5.74, 6) is 0. The summed E-state index contributed by atoms with van der Waals surface area (Å²) < 4.78 is 0. The van der Waals surface area contributed by atoms with Crippen molar-refractivity contribution >= 4 is 23.8 Å². The van der Waals surface area contributed by atoms with Gasteiger partial charge in [-0.15, -0.1) is 6.92 Å². The quantitative estimate of drug-likeness (QED) is 0.275. The van der Waals surface area contributed by atoms with Crippen LogP contribution in [-0.4, -0.2) is 0 Å². The fraction of sp³-hybridized carbons (Fsp3) is 0.0385. The minimum absolute atomic E-state index is 0. The molecule has 3 rings (SSSR count). The maximum atomic E-state index is 4.78. The van der Waals surface area contributed by atoms with E-state index in [9.17, 15) is 0 Å². The fourth-order valence-corrected chi connectivity index (χ4v) is 4.89. The summed E-state index contributed by atoms with van der Waals surface area (Å²) in [6, 6.07) is 32.5. The van der Waals surface area contributed by atoms with E-state index in [1.54, 1.807) is 6.08 Å². The minimum atomic E-state index is -0.877. The second-order valence-electron chi connectivity index (χ2n) is 5.47. The van der Waals surface area contributed by atoms with Gasteiger partial charge in [-0.25, -0.2) is 31.2 Å². The van der Waals surface area contributed by atoms with Crippen LogP contribution >= 0.6 is 7.92 Å². The van der Waals surface area contributed by atoms with Crippen LogP contribution in [0.4, 0.5) is 0 Å². The molecule has 0 nitrogen and oxygen atoms in total. The Morgan fingerprint density at radius 1 is 0.714 bits per heavy atom. The fourth-order valence-electron chi connectivity index (χ4n) is 2.31. The van der Waals surface area contributed by atoms with E-state index in [2.05, 4.69) is 104 Å². The molecular weight excluding hydrogens is 402 g/mol. The van der Waals surface area contributed by atoms with Crippen LogP contribution in [0.5, 0.6) is 0 Å². The molecule has 0 aliphatic rings. The van der Waals surface area contributed by atoms with Crippen molar-refractivity contribution < 1.29 is 16.8 Å². The second-order valence-corrected chi connectivity index (χ2v) is 7.95. The Kier molecular flexibility index (Phi) is 15.4. The number of benzene rings is 3. The van der Waals surface area contributed by atoms with Crippen LogP contribution in [0, 0.1) is 13.0 Å². The van der Waals surface area contributed by atoms with E-state index in [1.807, 2.05) is 13.3 Å². The Labute approximate surface area is 182 Å². The zero-order valence-electron chi connectivity index (χ0n) is 16.3. The molecule has 1 radical (unpaired) electrons. The summed E-state index contributed by atoms with van der Waals surface area (Å²) >= 11 is 0. The molecule has 0 bridgehead atoms. The van der Waals surface area contributed by atoms with E-state index >= 15 is 0 Å². The average Bonchev–Trinajstić information content (AvgIpc) is 2.76. The van der Waals surface area contributed by atoms with Gasteiger partial charge in [-0.3, -0.25) is 6.58 Å². The van der Waals surface area contributed by atoms with Crippen molar-refractivity contribution in [2.45, 2.75) is 6.92 Å².